The molecule has 2 atom stereocenters. The molecule has 2 heterocycles. The van der Waals surface area contributed by atoms with Crippen LogP contribution in [0.2, 0.25) is 0 Å². The molecule has 0 fully saturated rings. The predicted octanol–water partition coefficient (Wildman–Crippen LogP) is 7.13. The third-order valence-corrected chi connectivity index (χ3v) is 8.61. The second-order valence-electron chi connectivity index (χ2n) is 11.0. The van der Waals surface area contributed by atoms with E-state index in [2.05, 4.69) is 0 Å². The topological polar surface area (TPSA) is 84.0 Å². The molecule has 0 aromatic heterocycles. The highest BCUT2D eigenvalue weighted by Crippen LogP contribution is 2.48. The lowest BCUT2D eigenvalue weighted by molar-refractivity contribution is -0.123. The largest absolute Gasteiger partial charge is 0.497 e. The van der Waals surface area contributed by atoms with Crippen molar-refractivity contribution in [3.05, 3.63) is 150 Å². The molecular weight excluding hydrogens is 564 g/mol. The molecule has 0 bridgehead atoms. The van der Waals surface area contributed by atoms with Crippen LogP contribution in [0.5, 0.6) is 5.75 Å². The minimum atomic E-state index is -1.37. The molecule has 7 heteroatoms. The molecule has 2 unspecified atom stereocenters. The van der Waals surface area contributed by atoms with Crippen LogP contribution in [0, 0.1) is 11.8 Å². The van der Waals surface area contributed by atoms with Gasteiger partial charge >= 0.3 is 0 Å². The number of anilines is 4. The van der Waals surface area contributed by atoms with Crippen molar-refractivity contribution in [2.24, 2.45) is 11.8 Å². The number of Topliss-reactive ketones (excluding diaryl/α,β-unsaturated/α-hetero) is 2. The molecule has 0 spiro atoms. The Kier molecular flexibility index (Phi) is 7.06. The molecule has 0 saturated carbocycles. The van der Waals surface area contributed by atoms with E-state index in [1.165, 1.54) is 16.9 Å². The Morgan fingerprint density at radius 2 is 0.911 bits per heavy atom. The molecule has 7 nitrogen and oxygen atoms in total. The van der Waals surface area contributed by atoms with E-state index >= 15 is 0 Å². The summed E-state index contributed by atoms with van der Waals surface area (Å²) in [6, 6.07) is 39.0. The molecule has 0 aliphatic carbocycles. The number of ketones is 2. The molecule has 2 aliphatic heterocycles. The van der Waals surface area contributed by atoms with E-state index in [0.717, 1.165) is 0 Å². The van der Waals surface area contributed by atoms with Crippen molar-refractivity contribution in [3.8, 4) is 5.75 Å². The number of carbonyl (C=O) groups is 4. The molecule has 5 aromatic carbocycles. The Morgan fingerprint density at radius 3 is 1.33 bits per heavy atom. The number of rotatable bonds is 6. The van der Waals surface area contributed by atoms with Gasteiger partial charge in [0, 0.05) is 28.4 Å². The zero-order valence-electron chi connectivity index (χ0n) is 24.4. The SMILES string of the molecule is COc1ccc(C(C2C(=O)c3ccccc3N(c3ccccc3)C2=O)C2C(=O)c3ccccc3N(c3ccccc3)C2=O)cc1. The van der Waals surface area contributed by atoms with Crippen molar-refractivity contribution >= 4 is 46.1 Å². The predicted molar refractivity (Wildman–Crippen MR) is 171 cm³/mol. The Hall–Kier alpha value is -5.82. The summed E-state index contributed by atoms with van der Waals surface area (Å²) < 4.78 is 5.38. The molecule has 0 radical (unpaired) electrons. The van der Waals surface area contributed by atoms with Crippen molar-refractivity contribution in [2.75, 3.05) is 16.9 Å². The third kappa shape index (κ3) is 4.60. The maximum Gasteiger partial charge on any atom is 0.243 e. The summed E-state index contributed by atoms with van der Waals surface area (Å²) in [5.74, 6) is -5.16. The normalized spacial score (nSPS) is 18.3. The fourth-order valence-electron chi connectivity index (χ4n) is 6.55. The third-order valence-electron chi connectivity index (χ3n) is 8.61. The fourth-order valence-corrected chi connectivity index (χ4v) is 6.55. The molecule has 7 rings (SSSR count). The van der Waals surface area contributed by atoms with Gasteiger partial charge in [-0.05, 0) is 66.2 Å². The fraction of sp³-hybridized carbons (Fsp3) is 0.105. The standard InChI is InChI=1S/C38H28N2O5/c1-45-27-22-20-24(21-23-27)32(33-35(41)28-16-8-10-18-30(28)39(37(33)43)25-12-4-2-5-13-25)34-36(42)29-17-9-11-19-31(29)40(38(34)44)26-14-6-3-7-15-26/h2-23,32-34H,1H3. The first-order chi connectivity index (χ1) is 22.0. The van der Waals surface area contributed by atoms with Crippen molar-refractivity contribution < 1.29 is 23.9 Å². The van der Waals surface area contributed by atoms with E-state index in [4.69, 9.17) is 4.74 Å². The second kappa shape index (κ2) is 11.4. The first kappa shape index (κ1) is 28.0. The van der Waals surface area contributed by atoms with E-state index < -0.39 is 41.1 Å². The number of hydrogen-bond donors (Lipinski definition) is 0. The Morgan fingerprint density at radius 1 is 0.511 bits per heavy atom. The van der Waals surface area contributed by atoms with E-state index in [0.29, 0.717) is 45.2 Å². The van der Waals surface area contributed by atoms with Gasteiger partial charge in [0.15, 0.2) is 11.6 Å². The molecule has 0 saturated heterocycles. The van der Waals surface area contributed by atoms with Crippen molar-refractivity contribution in [2.45, 2.75) is 5.92 Å². The van der Waals surface area contributed by atoms with Crippen LogP contribution in [0.3, 0.4) is 0 Å². The molecule has 2 aliphatic rings. The smallest absolute Gasteiger partial charge is 0.243 e. The van der Waals surface area contributed by atoms with Gasteiger partial charge in [0.2, 0.25) is 11.8 Å². The first-order valence-corrected chi connectivity index (χ1v) is 14.7. The number of methoxy groups -OCH3 is 1. The quantitative estimate of drug-likeness (QED) is 0.196. The average Bonchev–Trinajstić information content (AvgIpc) is 3.09. The monoisotopic (exact) mass is 592 g/mol. The number of ether oxygens (including phenoxy) is 1. The van der Waals surface area contributed by atoms with Gasteiger partial charge in [0.1, 0.15) is 17.6 Å². The van der Waals surface area contributed by atoms with Gasteiger partial charge in [-0.2, -0.15) is 0 Å². The minimum absolute atomic E-state index is 0.348. The Balaban J connectivity index is 1.46. The van der Waals surface area contributed by atoms with Crippen LogP contribution in [0.1, 0.15) is 32.2 Å². The summed E-state index contributed by atoms with van der Waals surface area (Å²) >= 11 is 0. The van der Waals surface area contributed by atoms with Crippen LogP contribution in [-0.4, -0.2) is 30.5 Å². The Labute approximate surface area is 260 Å². The zero-order chi connectivity index (χ0) is 31.1. The minimum Gasteiger partial charge on any atom is -0.497 e. The highest BCUT2D eigenvalue weighted by Gasteiger charge is 2.53. The lowest BCUT2D eigenvalue weighted by atomic mass is 9.68. The highest BCUT2D eigenvalue weighted by atomic mass is 16.5. The molecule has 2 amide bonds. The van der Waals surface area contributed by atoms with Gasteiger partial charge in [-0.1, -0.05) is 72.8 Å². The van der Waals surface area contributed by atoms with E-state index in [9.17, 15) is 19.2 Å². The van der Waals surface area contributed by atoms with Gasteiger partial charge in [-0.25, -0.2) is 0 Å². The number of hydrogen-bond acceptors (Lipinski definition) is 5. The van der Waals surface area contributed by atoms with Crippen molar-refractivity contribution in [1.82, 2.24) is 0 Å². The summed E-state index contributed by atoms with van der Waals surface area (Å²) in [6.07, 6.45) is 0. The van der Waals surface area contributed by atoms with E-state index in [-0.39, 0.29) is 0 Å². The zero-order valence-corrected chi connectivity index (χ0v) is 24.4. The lowest BCUT2D eigenvalue weighted by Crippen LogP contribution is -2.52. The van der Waals surface area contributed by atoms with E-state index in [1.54, 1.807) is 97.1 Å². The number of para-hydroxylation sites is 4. The number of carbonyl (C=O) groups excluding carboxylic acids is 4. The summed E-state index contributed by atoms with van der Waals surface area (Å²) in [5, 5.41) is 0. The highest BCUT2D eigenvalue weighted by molar-refractivity contribution is 6.28. The molecule has 220 valence electrons. The van der Waals surface area contributed by atoms with Gasteiger partial charge in [0.25, 0.3) is 0 Å². The first-order valence-electron chi connectivity index (χ1n) is 14.7. The van der Waals surface area contributed by atoms with Crippen molar-refractivity contribution in [3.63, 3.8) is 0 Å². The van der Waals surface area contributed by atoms with Gasteiger partial charge in [0.05, 0.1) is 18.5 Å². The van der Waals surface area contributed by atoms with Crippen LogP contribution in [0.25, 0.3) is 0 Å². The summed E-state index contributed by atoms with van der Waals surface area (Å²) in [7, 11) is 1.54. The summed E-state index contributed by atoms with van der Waals surface area (Å²) in [4.78, 5) is 61.5. The number of benzene rings is 5. The van der Waals surface area contributed by atoms with Crippen LogP contribution in [0.15, 0.2) is 133 Å². The average molecular weight is 593 g/mol. The molecular formula is C38H28N2O5. The number of amides is 2. The maximum absolute atomic E-state index is 14.7. The number of nitrogens with zero attached hydrogens (tertiary/aromatic N) is 2. The van der Waals surface area contributed by atoms with Crippen LogP contribution >= 0.6 is 0 Å². The van der Waals surface area contributed by atoms with Crippen LogP contribution in [0.4, 0.5) is 22.7 Å². The molecule has 5 aromatic rings. The lowest BCUT2D eigenvalue weighted by Gasteiger charge is -2.41. The second-order valence-corrected chi connectivity index (χ2v) is 11.0. The molecule has 45 heavy (non-hydrogen) atoms. The van der Waals surface area contributed by atoms with Gasteiger partial charge in [-0.15, -0.1) is 0 Å². The number of fused-ring (bicyclic) bond motifs is 2. The summed E-state index contributed by atoms with van der Waals surface area (Å²) in [5.41, 5.74) is 3.29. The van der Waals surface area contributed by atoms with Crippen LogP contribution < -0.4 is 14.5 Å². The van der Waals surface area contributed by atoms with E-state index in [1.807, 2.05) is 36.4 Å². The van der Waals surface area contributed by atoms with Gasteiger partial charge in [-0.3, -0.25) is 29.0 Å². The van der Waals surface area contributed by atoms with Crippen molar-refractivity contribution in [1.29, 1.82) is 0 Å². The van der Waals surface area contributed by atoms with Crippen LogP contribution in [-0.2, 0) is 9.59 Å². The summed E-state index contributed by atoms with van der Waals surface area (Å²) in [6.45, 7) is 0. The maximum atomic E-state index is 14.7. The van der Waals surface area contributed by atoms with Gasteiger partial charge < -0.3 is 4.74 Å². The molecule has 0 N–H and O–H groups in total. The Bertz CT molecular complexity index is 1820.